The molecule has 0 radical (unpaired) electrons. The van der Waals surface area contributed by atoms with Crippen molar-refractivity contribution in [2.24, 2.45) is 5.73 Å². The van der Waals surface area contributed by atoms with Gasteiger partial charge in [0.25, 0.3) is 0 Å². The van der Waals surface area contributed by atoms with Crippen LogP contribution < -0.4 is 5.73 Å². The molecule has 2 N–H and O–H groups in total. The lowest BCUT2D eigenvalue weighted by Crippen LogP contribution is -2.56. The van der Waals surface area contributed by atoms with E-state index in [0.29, 0.717) is 28.7 Å². The first-order valence-electron chi connectivity index (χ1n) is 7.75. The lowest BCUT2D eigenvalue weighted by Gasteiger charge is -2.46. The molecule has 5 heteroatoms. The number of halogens is 2. The fraction of sp³-hybridized carbons (Fsp3) is 0.625. The quantitative estimate of drug-likeness (QED) is 0.925. The highest BCUT2D eigenvalue weighted by molar-refractivity contribution is 6.42. The van der Waals surface area contributed by atoms with Crippen molar-refractivity contribution in [3.8, 4) is 0 Å². The summed E-state index contributed by atoms with van der Waals surface area (Å²) >= 11 is 12.6. The summed E-state index contributed by atoms with van der Waals surface area (Å²) in [6.45, 7) is 6.30. The largest absolute Gasteiger partial charge is 0.329 e. The SMILES string of the molecule is CC1CN2CCCC2CN1C(CN)c1cccc(Cl)c1Cl. The number of piperazine rings is 1. The minimum Gasteiger partial charge on any atom is -0.329 e. The van der Waals surface area contributed by atoms with Gasteiger partial charge in [-0.05, 0) is 37.9 Å². The molecule has 3 rings (SSSR count). The van der Waals surface area contributed by atoms with Gasteiger partial charge in [0.05, 0.1) is 10.0 Å². The molecule has 0 saturated carbocycles. The second-order valence-electron chi connectivity index (χ2n) is 6.23. The van der Waals surface area contributed by atoms with Crippen molar-refractivity contribution in [2.75, 3.05) is 26.2 Å². The van der Waals surface area contributed by atoms with E-state index in [2.05, 4.69) is 22.8 Å². The third-order valence-electron chi connectivity index (χ3n) is 4.95. The van der Waals surface area contributed by atoms with Crippen molar-refractivity contribution in [3.05, 3.63) is 33.8 Å². The van der Waals surface area contributed by atoms with Gasteiger partial charge in [0.2, 0.25) is 0 Å². The maximum Gasteiger partial charge on any atom is 0.0640 e. The summed E-state index contributed by atoms with van der Waals surface area (Å²) in [5.41, 5.74) is 7.16. The van der Waals surface area contributed by atoms with E-state index >= 15 is 0 Å². The molecule has 1 aromatic rings. The molecule has 116 valence electrons. The topological polar surface area (TPSA) is 32.5 Å². The Morgan fingerprint density at radius 1 is 1.33 bits per heavy atom. The lowest BCUT2D eigenvalue weighted by molar-refractivity contribution is 0.0296. The molecule has 0 aliphatic carbocycles. The molecule has 2 aliphatic heterocycles. The highest BCUT2D eigenvalue weighted by atomic mass is 35.5. The number of fused-ring (bicyclic) bond motifs is 1. The Kier molecular flexibility index (Phi) is 4.77. The number of hydrogen-bond donors (Lipinski definition) is 1. The molecule has 0 aromatic heterocycles. The summed E-state index contributed by atoms with van der Waals surface area (Å²) in [6.07, 6.45) is 2.61. The van der Waals surface area contributed by atoms with E-state index in [4.69, 9.17) is 28.9 Å². The molecule has 3 nitrogen and oxygen atoms in total. The van der Waals surface area contributed by atoms with Crippen molar-refractivity contribution in [1.82, 2.24) is 9.80 Å². The van der Waals surface area contributed by atoms with Crippen LogP contribution in [0.4, 0.5) is 0 Å². The van der Waals surface area contributed by atoms with E-state index in [1.807, 2.05) is 12.1 Å². The van der Waals surface area contributed by atoms with Gasteiger partial charge < -0.3 is 5.73 Å². The van der Waals surface area contributed by atoms with E-state index in [0.717, 1.165) is 18.7 Å². The third kappa shape index (κ3) is 2.95. The van der Waals surface area contributed by atoms with Gasteiger partial charge in [-0.15, -0.1) is 0 Å². The van der Waals surface area contributed by atoms with E-state index in [9.17, 15) is 0 Å². The van der Waals surface area contributed by atoms with Gasteiger partial charge in [0.1, 0.15) is 0 Å². The predicted molar refractivity (Wildman–Crippen MR) is 89.0 cm³/mol. The van der Waals surface area contributed by atoms with Crippen LogP contribution in [0.5, 0.6) is 0 Å². The van der Waals surface area contributed by atoms with Crippen LogP contribution in [-0.4, -0.2) is 48.1 Å². The van der Waals surface area contributed by atoms with Crippen LogP contribution in [-0.2, 0) is 0 Å². The molecule has 0 spiro atoms. The molecule has 3 unspecified atom stereocenters. The van der Waals surface area contributed by atoms with E-state index in [1.54, 1.807) is 0 Å². The Labute approximate surface area is 137 Å². The summed E-state index contributed by atoms with van der Waals surface area (Å²) in [6, 6.07) is 7.16. The van der Waals surface area contributed by atoms with Gasteiger partial charge in [-0.2, -0.15) is 0 Å². The minimum atomic E-state index is 0.147. The standard InChI is InChI=1S/C16H23Cl2N3/c1-11-9-20-7-3-4-12(20)10-21(11)15(8-19)13-5-2-6-14(17)16(13)18/h2,5-6,11-12,15H,3-4,7-10,19H2,1H3. The molecular weight excluding hydrogens is 305 g/mol. The van der Waals surface area contributed by atoms with Crippen molar-refractivity contribution in [3.63, 3.8) is 0 Å². The van der Waals surface area contributed by atoms with Crippen LogP contribution in [0.15, 0.2) is 18.2 Å². The Morgan fingerprint density at radius 3 is 2.90 bits per heavy atom. The first kappa shape index (κ1) is 15.6. The Hall–Kier alpha value is -0.320. The molecule has 3 atom stereocenters. The van der Waals surface area contributed by atoms with Crippen LogP contribution in [0.1, 0.15) is 31.4 Å². The minimum absolute atomic E-state index is 0.147. The predicted octanol–water partition coefficient (Wildman–Crippen LogP) is 3.16. The first-order chi connectivity index (χ1) is 10.1. The highest BCUT2D eigenvalue weighted by Gasteiger charge is 2.37. The van der Waals surface area contributed by atoms with Gasteiger partial charge in [-0.3, -0.25) is 9.80 Å². The Morgan fingerprint density at radius 2 is 2.14 bits per heavy atom. The van der Waals surface area contributed by atoms with Crippen molar-refractivity contribution in [1.29, 1.82) is 0 Å². The summed E-state index contributed by atoms with van der Waals surface area (Å²) in [5.74, 6) is 0. The summed E-state index contributed by atoms with van der Waals surface area (Å²) in [7, 11) is 0. The van der Waals surface area contributed by atoms with Crippen LogP contribution in [0.3, 0.4) is 0 Å². The molecule has 2 heterocycles. The van der Waals surface area contributed by atoms with Crippen LogP contribution in [0.25, 0.3) is 0 Å². The van der Waals surface area contributed by atoms with Crippen LogP contribution in [0, 0.1) is 0 Å². The highest BCUT2D eigenvalue weighted by Crippen LogP contribution is 2.36. The Bertz CT molecular complexity index is 508. The molecule has 2 fully saturated rings. The van der Waals surface area contributed by atoms with Crippen molar-refractivity contribution < 1.29 is 0 Å². The zero-order valence-electron chi connectivity index (χ0n) is 12.4. The molecule has 0 bridgehead atoms. The maximum atomic E-state index is 6.42. The van der Waals surface area contributed by atoms with E-state index in [1.165, 1.54) is 19.4 Å². The van der Waals surface area contributed by atoms with Gasteiger partial charge in [-0.1, -0.05) is 35.3 Å². The van der Waals surface area contributed by atoms with Gasteiger partial charge >= 0.3 is 0 Å². The second kappa shape index (κ2) is 6.43. The molecule has 2 saturated heterocycles. The van der Waals surface area contributed by atoms with Gasteiger partial charge in [-0.25, -0.2) is 0 Å². The number of benzene rings is 1. The molecule has 21 heavy (non-hydrogen) atoms. The van der Waals surface area contributed by atoms with Crippen LogP contribution >= 0.6 is 23.2 Å². The van der Waals surface area contributed by atoms with Crippen molar-refractivity contribution in [2.45, 2.75) is 37.9 Å². The number of nitrogens with two attached hydrogens (primary N) is 1. The maximum absolute atomic E-state index is 6.42. The molecule has 2 aliphatic rings. The average Bonchev–Trinajstić information content (AvgIpc) is 2.91. The molecule has 1 aromatic carbocycles. The molecule has 0 amide bonds. The summed E-state index contributed by atoms with van der Waals surface area (Å²) in [4.78, 5) is 5.14. The van der Waals surface area contributed by atoms with Gasteiger partial charge in [0, 0.05) is 37.8 Å². The monoisotopic (exact) mass is 327 g/mol. The lowest BCUT2D eigenvalue weighted by atomic mass is 9.99. The smallest absolute Gasteiger partial charge is 0.0640 e. The van der Waals surface area contributed by atoms with Gasteiger partial charge in [0.15, 0.2) is 0 Å². The second-order valence-corrected chi connectivity index (χ2v) is 7.02. The van der Waals surface area contributed by atoms with Crippen LogP contribution in [0.2, 0.25) is 10.0 Å². The van der Waals surface area contributed by atoms with E-state index in [-0.39, 0.29) is 6.04 Å². The van der Waals surface area contributed by atoms with E-state index < -0.39 is 0 Å². The fourth-order valence-electron chi connectivity index (χ4n) is 3.86. The zero-order valence-corrected chi connectivity index (χ0v) is 13.9. The first-order valence-corrected chi connectivity index (χ1v) is 8.51. The number of hydrogen-bond acceptors (Lipinski definition) is 3. The normalized spacial score (nSPS) is 28.6. The zero-order chi connectivity index (χ0) is 15.0. The van der Waals surface area contributed by atoms with Crippen molar-refractivity contribution >= 4 is 23.2 Å². The average molecular weight is 328 g/mol. The third-order valence-corrected chi connectivity index (χ3v) is 5.78. The summed E-state index contributed by atoms with van der Waals surface area (Å²) in [5, 5.41) is 1.26. The number of nitrogens with zero attached hydrogens (tertiary/aromatic N) is 2. The summed E-state index contributed by atoms with van der Waals surface area (Å²) < 4.78 is 0. The Balaban J connectivity index is 1.87. The number of rotatable bonds is 3. The molecular formula is C16H23Cl2N3. The fourth-order valence-corrected chi connectivity index (χ4v) is 4.30.